The number of hydrogen-bond donors (Lipinski definition) is 1. The van der Waals surface area contributed by atoms with Crippen molar-refractivity contribution in [3.05, 3.63) is 71.0 Å². The van der Waals surface area contributed by atoms with Gasteiger partial charge in [-0.05, 0) is 35.9 Å². The molecule has 1 atom stereocenters. The summed E-state index contributed by atoms with van der Waals surface area (Å²) in [7, 11) is 0. The number of halogens is 1. The molecule has 1 amide bonds. The van der Waals surface area contributed by atoms with Crippen LogP contribution in [-0.2, 0) is 4.74 Å². The van der Waals surface area contributed by atoms with Crippen molar-refractivity contribution in [3.8, 4) is 0 Å². The summed E-state index contributed by atoms with van der Waals surface area (Å²) in [6.45, 7) is 1.13. The predicted octanol–water partition coefficient (Wildman–Crippen LogP) is 2.74. The summed E-state index contributed by atoms with van der Waals surface area (Å²) in [5, 5.41) is 9.04. The first-order chi connectivity index (χ1) is 11.5. The molecule has 1 N–H and O–H groups in total. The van der Waals surface area contributed by atoms with Crippen molar-refractivity contribution >= 4 is 11.9 Å². The molecule has 3 rings (SSSR count). The molecule has 24 heavy (non-hydrogen) atoms. The molecule has 6 heteroatoms. The summed E-state index contributed by atoms with van der Waals surface area (Å²) in [5.74, 6) is -1.64. The molecule has 5 nitrogen and oxygen atoms in total. The number of rotatable bonds is 3. The molecule has 2 aromatic rings. The van der Waals surface area contributed by atoms with Gasteiger partial charge in [0.15, 0.2) is 0 Å². The summed E-state index contributed by atoms with van der Waals surface area (Å²) < 4.78 is 18.7. The first kappa shape index (κ1) is 16.1. The molecule has 0 saturated carbocycles. The third-order valence-electron chi connectivity index (χ3n) is 3.95. The highest BCUT2D eigenvalue weighted by molar-refractivity contribution is 5.97. The smallest absolute Gasteiger partial charge is 0.335 e. The molecule has 0 aromatic heterocycles. The Morgan fingerprint density at radius 1 is 1.12 bits per heavy atom. The zero-order valence-corrected chi connectivity index (χ0v) is 12.8. The van der Waals surface area contributed by atoms with Crippen LogP contribution in [0.4, 0.5) is 4.39 Å². The molecule has 1 aliphatic heterocycles. The van der Waals surface area contributed by atoms with Crippen LogP contribution in [0.15, 0.2) is 48.5 Å². The number of ether oxygens (including phenoxy) is 1. The molecule has 1 aliphatic rings. The topological polar surface area (TPSA) is 66.8 Å². The second-order valence-corrected chi connectivity index (χ2v) is 5.55. The number of carboxylic acid groups (broad SMARTS) is 1. The van der Waals surface area contributed by atoms with Gasteiger partial charge in [0.1, 0.15) is 11.9 Å². The van der Waals surface area contributed by atoms with Crippen molar-refractivity contribution in [3.63, 3.8) is 0 Å². The highest BCUT2D eigenvalue weighted by atomic mass is 19.1. The van der Waals surface area contributed by atoms with Crippen molar-refractivity contribution in [1.82, 2.24) is 4.90 Å². The van der Waals surface area contributed by atoms with E-state index >= 15 is 0 Å². The Hall–Kier alpha value is -2.73. The molecular weight excluding hydrogens is 313 g/mol. The fourth-order valence-corrected chi connectivity index (χ4v) is 2.68. The largest absolute Gasteiger partial charge is 0.478 e. The van der Waals surface area contributed by atoms with Crippen molar-refractivity contribution in [2.75, 3.05) is 19.7 Å². The monoisotopic (exact) mass is 329 g/mol. The van der Waals surface area contributed by atoms with Crippen LogP contribution in [-0.4, -0.2) is 41.6 Å². The normalized spacial score (nSPS) is 17.5. The fourth-order valence-electron chi connectivity index (χ4n) is 2.68. The van der Waals surface area contributed by atoms with E-state index in [1.807, 2.05) is 0 Å². The van der Waals surface area contributed by atoms with Crippen molar-refractivity contribution < 1.29 is 23.8 Å². The molecule has 0 spiro atoms. The molecule has 0 bridgehead atoms. The molecule has 2 aromatic carbocycles. The summed E-state index contributed by atoms with van der Waals surface area (Å²) in [4.78, 5) is 25.3. The Bertz CT molecular complexity index is 760. The van der Waals surface area contributed by atoms with E-state index in [1.54, 1.807) is 29.2 Å². The number of hydrogen-bond acceptors (Lipinski definition) is 3. The van der Waals surface area contributed by atoms with E-state index < -0.39 is 5.97 Å². The Labute approximate surface area is 138 Å². The second-order valence-electron chi connectivity index (χ2n) is 5.55. The molecule has 0 aliphatic carbocycles. The van der Waals surface area contributed by atoms with Gasteiger partial charge in [-0.3, -0.25) is 4.79 Å². The number of benzene rings is 2. The minimum atomic E-state index is -1.07. The van der Waals surface area contributed by atoms with Gasteiger partial charge < -0.3 is 14.7 Å². The van der Waals surface area contributed by atoms with Crippen molar-refractivity contribution in [2.24, 2.45) is 0 Å². The van der Waals surface area contributed by atoms with E-state index in [0.29, 0.717) is 25.3 Å². The van der Waals surface area contributed by atoms with Crippen LogP contribution < -0.4 is 0 Å². The highest BCUT2D eigenvalue weighted by Crippen LogP contribution is 2.23. The highest BCUT2D eigenvalue weighted by Gasteiger charge is 2.26. The Morgan fingerprint density at radius 3 is 2.54 bits per heavy atom. The van der Waals surface area contributed by atoms with E-state index in [1.165, 1.54) is 24.3 Å². The number of morpholine rings is 1. The maximum absolute atomic E-state index is 13.0. The lowest BCUT2D eigenvalue weighted by Crippen LogP contribution is -2.42. The first-order valence-corrected chi connectivity index (χ1v) is 7.54. The van der Waals surface area contributed by atoms with Crippen LogP contribution >= 0.6 is 0 Å². The fraction of sp³-hybridized carbons (Fsp3) is 0.222. The van der Waals surface area contributed by atoms with Gasteiger partial charge in [-0.15, -0.1) is 0 Å². The average Bonchev–Trinajstić information content (AvgIpc) is 2.62. The zero-order chi connectivity index (χ0) is 17.1. The summed E-state index contributed by atoms with van der Waals surface area (Å²) >= 11 is 0. The minimum Gasteiger partial charge on any atom is -0.478 e. The van der Waals surface area contributed by atoms with Crippen molar-refractivity contribution in [2.45, 2.75) is 6.10 Å². The second kappa shape index (κ2) is 6.80. The number of carbonyl (C=O) groups excluding carboxylic acids is 1. The molecule has 0 unspecified atom stereocenters. The third-order valence-corrected chi connectivity index (χ3v) is 3.95. The van der Waals surface area contributed by atoms with Crippen LogP contribution in [0.5, 0.6) is 0 Å². The molecule has 124 valence electrons. The van der Waals surface area contributed by atoms with Crippen LogP contribution in [0.1, 0.15) is 32.4 Å². The van der Waals surface area contributed by atoms with Crippen molar-refractivity contribution in [1.29, 1.82) is 0 Å². The van der Waals surface area contributed by atoms with Crippen LogP contribution in [0, 0.1) is 5.82 Å². The van der Waals surface area contributed by atoms with Gasteiger partial charge in [0.05, 0.1) is 18.7 Å². The van der Waals surface area contributed by atoms with E-state index in [2.05, 4.69) is 0 Å². The first-order valence-electron chi connectivity index (χ1n) is 7.54. The zero-order valence-electron chi connectivity index (χ0n) is 12.8. The standard InChI is InChI=1S/C18H16FNO4/c19-15-6-4-12(5-7-15)16-11-20(8-9-24-16)17(21)13-2-1-3-14(10-13)18(22)23/h1-7,10,16H,8-9,11H2,(H,22,23)/t16-/m1/s1. The average molecular weight is 329 g/mol. The molecule has 1 fully saturated rings. The van der Waals surface area contributed by atoms with E-state index in [4.69, 9.17) is 9.84 Å². The minimum absolute atomic E-state index is 0.0733. The van der Waals surface area contributed by atoms with Gasteiger partial charge in [-0.1, -0.05) is 18.2 Å². The van der Waals surface area contributed by atoms with Gasteiger partial charge in [0.2, 0.25) is 0 Å². The van der Waals surface area contributed by atoms with E-state index in [-0.39, 0.29) is 23.4 Å². The lowest BCUT2D eigenvalue weighted by molar-refractivity contribution is -0.0228. The van der Waals surface area contributed by atoms with Gasteiger partial charge in [0, 0.05) is 12.1 Å². The number of carbonyl (C=O) groups is 2. The molecular formula is C18H16FNO4. The molecule has 0 radical (unpaired) electrons. The van der Waals surface area contributed by atoms with Gasteiger partial charge in [-0.2, -0.15) is 0 Å². The van der Waals surface area contributed by atoms with Gasteiger partial charge in [0.25, 0.3) is 5.91 Å². The summed E-state index contributed by atoms with van der Waals surface area (Å²) in [6.07, 6.45) is -0.328. The lowest BCUT2D eigenvalue weighted by atomic mass is 10.1. The maximum atomic E-state index is 13.0. The quantitative estimate of drug-likeness (QED) is 0.940. The third kappa shape index (κ3) is 3.44. The van der Waals surface area contributed by atoms with Gasteiger partial charge >= 0.3 is 5.97 Å². The molecule has 1 saturated heterocycles. The Balaban J connectivity index is 1.76. The van der Waals surface area contributed by atoms with Crippen LogP contribution in [0.25, 0.3) is 0 Å². The maximum Gasteiger partial charge on any atom is 0.335 e. The van der Waals surface area contributed by atoms with E-state index in [9.17, 15) is 14.0 Å². The summed E-state index contributed by atoms with van der Waals surface area (Å²) in [6, 6.07) is 11.9. The number of nitrogens with zero attached hydrogens (tertiary/aromatic N) is 1. The van der Waals surface area contributed by atoms with E-state index in [0.717, 1.165) is 5.56 Å². The Morgan fingerprint density at radius 2 is 1.83 bits per heavy atom. The lowest BCUT2D eigenvalue weighted by Gasteiger charge is -2.33. The Kier molecular flexibility index (Phi) is 4.57. The SMILES string of the molecule is O=C(O)c1cccc(C(=O)N2CCO[C@@H](c3ccc(F)cc3)C2)c1. The summed E-state index contributed by atoms with van der Waals surface area (Å²) in [5.41, 5.74) is 1.20. The predicted molar refractivity (Wildman–Crippen MR) is 84.4 cm³/mol. The van der Waals surface area contributed by atoms with Gasteiger partial charge in [-0.25, -0.2) is 9.18 Å². The number of amides is 1. The number of aromatic carboxylic acids is 1. The van der Waals surface area contributed by atoms with Crippen LogP contribution in [0.2, 0.25) is 0 Å². The molecule has 1 heterocycles. The number of carboxylic acids is 1. The van der Waals surface area contributed by atoms with Crippen LogP contribution in [0.3, 0.4) is 0 Å².